The third kappa shape index (κ3) is 9.47. The van der Waals surface area contributed by atoms with Gasteiger partial charge in [0.1, 0.15) is 0 Å². The van der Waals surface area contributed by atoms with Crippen LogP contribution in [-0.2, 0) is 17.3 Å². The van der Waals surface area contributed by atoms with Crippen LogP contribution >= 0.6 is 54.5 Å². The molecule has 4 heteroatoms. The van der Waals surface area contributed by atoms with Crippen LogP contribution in [0.15, 0.2) is 336 Å². The van der Waals surface area contributed by atoms with E-state index in [1.165, 1.54) is 129 Å². The molecule has 0 spiro atoms. The highest BCUT2D eigenvalue weighted by Crippen LogP contribution is 2.61. The Morgan fingerprint density at radius 3 is 1.55 bits per heavy atom. The van der Waals surface area contributed by atoms with Crippen LogP contribution in [0.1, 0.15) is 68.0 Å². The highest BCUT2D eigenvalue weighted by atomic mass is 127. The first-order valence-electron chi connectivity index (χ1n) is 29.8. The van der Waals surface area contributed by atoms with Gasteiger partial charge in [-0.25, -0.2) is 0 Å². The lowest BCUT2D eigenvalue weighted by atomic mass is 9.65. The van der Waals surface area contributed by atoms with Crippen LogP contribution < -0.4 is 0 Å². The first kappa shape index (κ1) is 55.0. The summed E-state index contributed by atoms with van der Waals surface area (Å²) >= 11 is 9.71. The molecule has 0 saturated carbocycles. The topological polar surface area (TPSA) is 4.93 Å². The smallest absolute Gasteiger partial charge is 0.0701 e. The number of rotatable bonds is 7. The second kappa shape index (κ2) is 23.2. The molecule has 14 aromatic rings. The average molecular weight is 1360 g/mol. The van der Waals surface area contributed by atoms with Gasteiger partial charge in [-0.2, -0.15) is 0 Å². The number of fused-ring (bicyclic) bond motifs is 13. The molecular weight excluding hydrogens is 1300 g/mol. The van der Waals surface area contributed by atoms with Crippen molar-refractivity contribution < 1.29 is 0 Å². The Hall–Kier alpha value is -8.65. The van der Waals surface area contributed by atoms with Crippen molar-refractivity contribution >= 4 is 103 Å². The van der Waals surface area contributed by atoms with Crippen molar-refractivity contribution in [2.24, 2.45) is 0 Å². The van der Waals surface area contributed by atoms with E-state index in [9.17, 15) is 0 Å². The second-order valence-corrected chi connectivity index (χ2v) is 26.0. The third-order valence-corrected chi connectivity index (χ3v) is 20.1. The van der Waals surface area contributed by atoms with Crippen molar-refractivity contribution in [3.8, 4) is 11.1 Å². The van der Waals surface area contributed by atoms with Gasteiger partial charge < -0.3 is 4.57 Å². The Bertz CT molecular complexity index is 4800. The largest absolute Gasteiger partial charge is 0.312 e. The van der Waals surface area contributed by atoms with Crippen molar-refractivity contribution in [1.29, 1.82) is 0 Å². The van der Waals surface area contributed by atoms with E-state index in [0.29, 0.717) is 0 Å². The lowest BCUT2D eigenvalue weighted by Gasteiger charge is -2.36. The maximum atomic E-state index is 3.79. The quantitative estimate of drug-likeness (QED) is 0.111. The zero-order valence-electron chi connectivity index (χ0n) is 47.7. The maximum Gasteiger partial charge on any atom is 0.0701 e. The Morgan fingerprint density at radius 2 is 0.908 bits per heavy atom. The molecule has 1 aromatic heterocycles. The van der Waals surface area contributed by atoms with E-state index in [1.54, 1.807) is 0 Å². The number of allylic oxidation sites excluding steroid dienone is 4. The normalized spacial score (nSPS) is 14.4. The van der Waals surface area contributed by atoms with E-state index < -0.39 is 0 Å². The van der Waals surface area contributed by atoms with E-state index in [-0.39, 0.29) is 16.7 Å². The summed E-state index contributed by atoms with van der Waals surface area (Å²) in [5.41, 5.74) is 20.9. The van der Waals surface area contributed by atoms with E-state index >= 15 is 0 Å². The fourth-order valence-electron chi connectivity index (χ4n) is 14.8. The minimum atomic E-state index is -0.339. The first-order chi connectivity index (χ1) is 42.9. The number of aromatic nitrogens is 1. The van der Waals surface area contributed by atoms with E-state index in [2.05, 4.69) is 381 Å². The summed E-state index contributed by atoms with van der Waals surface area (Å²) in [7, 11) is 0. The molecule has 87 heavy (non-hydrogen) atoms. The number of hydrogen-bond donors (Lipinski definition) is 0. The standard InChI is InChI=1S/C41H28BrN.C25H19I.C17H11Br/c42-30-20-23-34-35-22-19-27-11-7-8-16-32(27)40(35)43(39(34)25-30)31-21-24-38-36(26-31)33-17-9-10-18-37(33)41(38,28-12-3-1-4-13-28)29-14-5-2-6-15-29;26-24-18-16-23(17-19-24)25(20-10-4-1-5-11-20,21-12-6-2-7-13-21)22-14-8-3-9-15-22;18-13-6-8-15-12(9-13)10-17-14-4-2-1-3-11(14)5-7-16(15)17/h1-25,36H,26H2;1-19H;1-9H,10H2. The molecule has 0 N–H and O–H groups in total. The van der Waals surface area contributed by atoms with Crippen molar-refractivity contribution in [2.45, 2.75) is 29.6 Å². The Balaban J connectivity index is 0.000000122. The van der Waals surface area contributed by atoms with Crippen LogP contribution in [0.2, 0.25) is 0 Å². The zero-order chi connectivity index (χ0) is 58.5. The molecule has 0 amide bonds. The summed E-state index contributed by atoms with van der Waals surface area (Å²) in [5.74, 6) is 0.270. The fraction of sp³-hybridized carbons (Fsp3) is 0.0602. The van der Waals surface area contributed by atoms with Gasteiger partial charge in [-0.1, -0.05) is 311 Å². The predicted octanol–water partition coefficient (Wildman–Crippen LogP) is 22.9. The lowest BCUT2D eigenvalue weighted by Crippen LogP contribution is -2.30. The fourth-order valence-corrected chi connectivity index (χ4v) is 15.9. The molecule has 0 saturated heterocycles. The molecule has 1 heterocycles. The highest BCUT2D eigenvalue weighted by molar-refractivity contribution is 14.1. The average Bonchev–Trinajstić information content (AvgIpc) is 1.61. The SMILES string of the molecule is Brc1ccc2c(c1)Cc1c-2ccc2ccccc12.Brc1ccc2c3ccc4ccccc4c3n(C3=CC=C4C(C3)c3ccccc3C4(c3ccccc3)c3ccccc3)c2c1.Ic1ccc(C(c2ccccc2)(c2ccccc2)c2ccccc2)cc1. The molecule has 1 unspecified atom stereocenters. The molecule has 1 atom stereocenters. The highest BCUT2D eigenvalue weighted by Gasteiger charge is 2.51. The summed E-state index contributed by atoms with van der Waals surface area (Å²) in [6.45, 7) is 0. The van der Waals surface area contributed by atoms with Gasteiger partial charge in [-0.15, -0.1) is 0 Å². The Labute approximate surface area is 539 Å². The molecular formula is C83H58Br2IN. The number of benzene rings is 13. The van der Waals surface area contributed by atoms with Crippen molar-refractivity contribution in [3.63, 3.8) is 0 Å². The summed E-state index contributed by atoms with van der Waals surface area (Å²) in [4.78, 5) is 0. The maximum absolute atomic E-state index is 3.79. The second-order valence-electron chi connectivity index (χ2n) is 22.9. The van der Waals surface area contributed by atoms with Gasteiger partial charge in [-0.05, 0) is 166 Å². The number of hydrogen-bond acceptors (Lipinski definition) is 0. The van der Waals surface area contributed by atoms with E-state index in [1.807, 2.05) is 0 Å². The monoisotopic (exact) mass is 1350 g/mol. The Morgan fingerprint density at radius 1 is 0.414 bits per heavy atom. The molecule has 0 fully saturated rings. The van der Waals surface area contributed by atoms with Gasteiger partial charge in [0, 0.05) is 40.3 Å². The van der Waals surface area contributed by atoms with Crippen LogP contribution in [0.25, 0.3) is 60.2 Å². The van der Waals surface area contributed by atoms with Crippen LogP contribution in [-0.4, -0.2) is 4.57 Å². The van der Waals surface area contributed by atoms with Gasteiger partial charge in [0.15, 0.2) is 0 Å². The summed E-state index contributed by atoms with van der Waals surface area (Å²) in [5, 5.41) is 7.87. The molecule has 0 aliphatic heterocycles. The molecule has 17 rings (SSSR count). The van der Waals surface area contributed by atoms with Gasteiger partial charge >= 0.3 is 0 Å². The first-order valence-corrected chi connectivity index (χ1v) is 32.5. The minimum Gasteiger partial charge on any atom is -0.312 e. The molecule has 3 aliphatic carbocycles. The number of nitrogens with zero attached hydrogens (tertiary/aromatic N) is 1. The van der Waals surface area contributed by atoms with E-state index in [4.69, 9.17) is 0 Å². The van der Waals surface area contributed by atoms with Crippen molar-refractivity contribution in [1.82, 2.24) is 4.57 Å². The number of halogens is 3. The van der Waals surface area contributed by atoms with E-state index in [0.717, 1.165) is 17.3 Å². The van der Waals surface area contributed by atoms with Crippen LogP contribution in [0, 0.1) is 3.57 Å². The molecule has 0 bridgehead atoms. The third-order valence-electron chi connectivity index (χ3n) is 18.4. The van der Waals surface area contributed by atoms with Crippen LogP contribution in [0.5, 0.6) is 0 Å². The van der Waals surface area contributed by atoms with Gasteiger partial charge in [-0.3, -0.25) is 0 Å². The van der Waals surface area contributed by atoms with Gasteiger partial charge in [0.25, 0.3) is 0 Å². The van der Waals surface area contributed by atoms with Crippen molar-refractivity contribution in [3.05, 3.63) is 395 Å². The summed E-state index contributed by atoms with van der Waals surface area (Å²) in [6.07, 6.45) is 6.83. The minimum absolute atomic E-state index is 0.270. The summed E-state index contributed by atoms with van der Waals surface area (Å²) in [6, 6.07) is 112. The lowest BCUT2D eigenvalue weighted by molar-refractivity contribution is 0.691. The van der Waals surface area contributed by atoms with Crippen LogP contribution in [0.4, 0.5) is 0 Å². The molecule has 0 radical (unpaired) electrons. The van der Waals surface area contributed by atoms with Gasteiger partial charge in [0.05, 0.1) is 21.9 Å². The predicted molar refractivity (Wildman–Crippen MR) is 381 cm³/mol. The van der Waals surface area contributed by atoms with Gasteiger partial charge in [0.2, 0.25) is 0 Å². The summed E-state index contributed by atoms with van der Waals surface area (Å²) < 4.78 is 6.05. The molecule has 1 nitrogen and oxygen atoms in total. The zero-order valence-corrected chi connectivity index (χ0v) is 53.0. The molecule has 416 valence electrons. The van der Waals surface area contributed by atoms with Crippen LogP contribution in [0.3, 0.4) is 0 Å². The van der Waals surface area contributed by atoms with Crippen molar-refractivity contribution in [2.75, 3.05) is 0 Å². The Kier molecular flexibility index (Phi) is 14.7. The molecule has 3 aliphatic rings. The molecule has 13 aromatic carbocycles.